The number of carbonyl (C=O) groups is 1. The van der Waals surface area contributed by atoms with Gasteiger partial charge >= 0.3 is 5.97 Å². The highest BCUT2D eigenvalue weighted by Gasteiger charge is 2.13. The third-order valence-electron chi connectivity index (χ3n) is 0.627. The summed E-state index contributed by atoms with van der Waals surface area (Å²) in [6.07, 6.45) is 1.17. The molecule has 0 aliphatic rings. The van der Waals surface area contributed by atoms with Crippen LogP contribution in [-0.4, -0.2) is 11.6 Å². The van der Waals surface area contributed by atoms with E-state index in [1.807, 2.05) is 20.8 Å². The summed E-state index contributed by atoms with van der Waals surface area (Å²) < 4.78 is 4.88. The highest BCUT2D eigenvalue weighted by atomic mass is 16.6. The van der Waals surface area contributed by atoms with Gasteiger partial charge in [0.1, 0.15) is 5.60 Å². The van der Waals surface area contributed by atoms with Crippen LogP contribution in [0.2, 0.25) is 0 Å². The average molecular weight is 140 g/mol. The van der Waals surface area contributed by atoms with Gasteiger partial charge in [-0.3, -0.25) is 0 Å². The normalized spacial score (nSPS) is 9.90. The number of esters is 1. The first-order valence-corrected chi connectivity index (χ1v) is 3.04. The van der Waals surface area contributed by atoms with E-state index in [-0.39, 0.29) is 0 Å². The SMILES string of the molecule is C=C=CC(=O)OC(C)(C)C. The summed E-state index contributed by atoms with van der Waals surface area (Å²) in [7, 11) is 0. The predicted octanol–water partition coefficient (Wildman–Crippen LogP) is 1.67. The maximum absolute atomic E-state index is 10.7. The zero-order valence-corrected chi connectivity index (χ0v) is 6.60. The smallest absolute Gasteiger partial charge is 0.339 e. The lowest BCUT2D eigenvalue weighted by molar-refractivity contribution is -0.148. The molecule has 2 nitrogen and oxygen atoms in total. The molecule has 0 bridgehead atoms. The molecule has 0 aromatic rings. The standard InChI is InChI=1S/C8H12O2/c1-5-6-7(9)10-8(2,3)4/h6H,1H2,2-4H3. The zero-order chi connectivity index (χ0) is 8.20. The molecule has 0 atom stereocenters. The zero-order valence-electron chi connectivity index (χ0n) is 6.60. The fourth-order valence-corrected chi connectivity index (χ4v) is 0.415. The van der Waals surface area contributed by atoms with Crippen LogP contribution in [0.15, 0.2) is 18.4 Å². The van der Waals surface area contributed by atoms with Crippen molar-refractivity contribution >= 4 is 5.97 Å². The van der Waals surface area contributed by atoms with Gasteiger partial charge in [-0.1, -0.05) is 6.58 Å². The Morgan fingerprint density at radius 2 is 2.10 bits per heavy atom. The van der Waals surface area contributed by atoms with Gasteiger partial charge < -0.3 is 4.74 Å². The van der Waals surface area contributed by atoms with Gasteiger partial charge in [-0.05, 0) is 20.8 Å². The monoisotopic (exact) mass is 140 g/mol. The molecule has 0 fully saturated rings. The summed E-state index contributed by atoms with van der Waals surface area (Å²) in [6.45, 7) is 8.67. The second kappa shape index (κ2) is 3.23. The highest BCUT2D eigenvalue weighted by Crippen LogP contribution is 2.06. The Morgan fingerprint density at radius 1 is 1.60 bits per heavy atom. The van der Waals surface area contributed by atoms with Gasteiger partial charge in [-0.15, -0.1) is 5.73 Å². The van der Waals surface area contributed by atoms with Crippen LogP contribution in [0.5, 0.6) is 0 Å². The minimum Gasteiger partial charge on any atom is -0.456 e. The second-order valence-electron chi connectivity index (χ2n) is 2.88. The van der Waals surface area contributed by atoms with Gasteiger partial charge in [0.15, 0.2) is 0 Å². The van der Waals surface area contributed by atoms with Crippen molar-refractivity contribution < 1.29 is 9.53 Å². The molecule has 10 heavy (non-hydrogen) atoms. The molecule has 2 heteroatoms. The number of rotatable bonds is 1. The van der Waals surface area contributed by atoms with Crippen molar-refractivity contribution in [1.29, 1.82) is 0 Å². The molecule has 0 N–H and O–H groups in total. The van der Waals surface area contributed by atoms with Crippen molar-refractivity contribution in [1.82, 2.24) is 0 Å². The van der Waals surface area contributed by atoms with Crippen molar-refractivity contribution in [3.63, 3.8) is 0 Å². The van der Waals surface area contributed by atoms with Crippen LogP contribution < -0.4 is 0 Å². The third kappa shape index (κ3) is 5.13. The number of ether oxygens (including phenoxy) is 1. The molecule has 0 aliphatic carbocycles. The van der Waals surface area contributed by atoms with E-state index in [9.17, 15) is 4.79 Å². The van der Waals surface area contributed by atoms with Crippen LogP contribution in [0, 0.1) is 0 Å². The maximum atomic E-state index is 10.7. The molecule has 0 aromatic carbocycles. The third-order valence-corrected chi connectivity index (χ3v) is 0.627. The maximum Gasteiger partial charge on any atom is 0.339 e. The lowest BCUT2D eigenvalue weighted by atomic mass is 10.2. The first kappa shape index (κ1) is 8.99. The Bertz CT molecular complexity index is 168. The first-order chi connectivity index (χ1) is 4.45. The molecule has 0 radical (unpaired) electrons. The van der Waals surface area contributed by atoms with E-state index < -0.39 is 11.6 Å². The molecule has 0 saturated carbocycles. The Balaban J connectivity index is 3.92. The molecule has 0 heterocycles. The fraction of sp³-hybridized carbons (Fsp3) is 0.500. The minimum atomic E-state index is -0.426. The van der Waals surface area contributed by atoms with E-state index in [0.29, 0.717) is 0 Å². The topological polar surface area (TPSA) is 26.3 Å². The molecule has 0 amide bonds. The van der Waals surface area contributed by atoms with Gasteiger partial charge in [0, 0.05) is 0 Å². The van der Waals surface area contributed by atoms with Crippen molar-refractivity contribution in [2.45, 2.75) is 26.4 Å². The second-order valence-corrected chi connectivity index (χ2v) is 2.88. The molecule has 0 saturated heterocycles. The van der Waals surface area contributed by atoms with Crippen molar-refractivity contribution in [3.05, 3.63) is 18.4 Å². The Morgan fingerprint density at radius 3 is 2.40 bits per heavy atom. The first-order valence-electron chi connectivity index (χ1n) is 3.04. The molecular formula is C8H12O2. The van der Waals surface area contributed by atoms with E-state index in [2.05, 4.69) is 12.3 Å². The number of hydrogen-bond donors (Lipinski definition) is 0. The Kier molecular flexibility index (Phi) is 2.91. The summed E-state index contributed by atoms with van der Waals surface area (Å²) in [4.78, 5) is 10.7. The van der Waals surface area contributed by atoms with Gasteiger partial charge in [-0.25, -0.2) is 4.79 Å². The van der Waals surface area contributed by atoms with Crippen molar-refractivity contribution in [2.75, 3.05) is 0 Å². The summed E-state index contributed by atoms with van der Waals surface area (Å²) in [6, 6.07) is 0. The van der Waals surface area contributed by atoms with Crippen LogP contribution in [0.4, 0.5) is 0 Å². The predicted molar refractivity (Wildman–Crippen MR) is 39.6 cm³/mol. The van der Waals surface area contributed by atoms with E-state index in [0.717, 1.165) is 0 Å². The van der Waals surface area contributed by atoms with Crippen LogP contribution >= 0.6 is 0 Å². The van der Waals surface area contributed by atoms with Gasteiger partial charge in [0.05, 0.1) is 6.08 Å². The molecule has 0 spiro atoms. The highest BCUT2D eigenvalue weighted by molar-refractivity contribution is 5.81. The summed E-state index contributed by atoms with van der Waals surface area (Å²) in [5.74, 6) is -0.400. The van der Waals surface area contributed by atoms with E-state index in [1.165, 1.54) is 6.08 Å². The molecule has 0 rings (SSSR count). The quantitative estimate of drug-likeness (QED) is 0.314. The molecule has 0 aliphatic heterocycles. The molecule has 0 aromatic heterocycles. The average Bonchev–Trinajstić information content (AvgIpc) is 1.59. The lowest BCUT2D eigenvalue weighted by Gasteiger charge is -2.17. The van der Waals surface area contributed by atoms with Crippen LogP contribution in [-0.2, 0) is 9.53 Å². The molecular weight excluding hydrogens is 128 g/mol. The molecule has 0 unspecified atom stereocenters. The van der Waals surface area contributed by atoms with E-state index in [1.54, 1.807) is 0 Å². The summed E-state index contributed by atoms with van der Waals surface area (Å²) in [5.41, 5.74) is 1.91. The van der Waals surface area contributed by atoms with E-state index >= 15 is 0 Å². The van der Waals surface area contributed by atoms with Crippen LogP contribution in [0.25, 0.3) is 0 Å². The number of hydrogen-bond acceptors (Lipinski definition) is 2. The molecule has 56 valence electrons. The Labute approximate surface area is 61.2 Å². The van der Waals surface area contributed by atoms with Gasteiger partial charge in [0.2, 0.25) is 0 Å². The van der Waals surface area contributed by atoms with Crippen molar-refractivity contribution in [3.8, 4) is 0 Å². The summed E-state index contributed by atoms with van der Waals surface area (Å²) >= 11 is 0. The fourth-order valence-electron chi connectivity index (χ4n) is 0.415. The van der Waals surface area contributed by atoms with Crippen LogP contribution in [0.1, 0.15) is 20.8 Å². The summed E-state index contributed by atoms with van der Waals surface area (Å²) in [5, 5.41) is 0. The Hall–Kier alpha value is -1.01. The van der Waals surface area contributed by atoms with Gasteiger partial charge in [-0.2, -0.15) is 0 Å². The van der Waals surface area contributed by atoms with Crippen molar-refractivity contribution in [2.24, 2.45) is 0 Å². The van der Waals surface area contributed by atoms with Crippen LogP contribution in [0.3, 0.4) is 0 Å². The minimum absolute atomic E-state index is 0.400. The largest absolute Gasteiger partial charge is 0.456 e. The number of carbonyl (C=O) groups excluding carboxylic acids is 1. The van der Waals surface area contributed by atoms with Gasteiger partial charge in [0.25, 0.3) is 0 Å². The van der Waals surface area contributed by atoms with E-state index in [4.69, 9.17) is 4.74 Å². The lowest BCUT2D eigenvalue weighted by Crippen LogP contribution is -2.22.